The van der Waals surface area contributed by atoms with Gasteiger partial charge >= 0.3 is 0 Å². The number of H-pyrrole nitrogens is 1. The minimum absolute atomic E-state index is 0.0707. The summed E-state index contributed by atoms with van der Waals surface area (Å²) in [5.41, 5.74) is 0.831. The van der Waals surface area contributed by atoms with Gasteiger partial charge in [0.1, 0.15) is 4.90 Å². The van der Waals surface area contributed by atoms with Gasteiger partial charge in [-0.05, 0) is 12.5 Å². The van der Waals surface area contributed by atoms with Gasteiger partial charge in [0.15, 0.2) is 0 Å². The number of likely N-dealkylation sites (N-methyl/N-ethyl adjacent to an activating group) is 1. The molecule has 6 heteroatoms. The molecule has 0 radical (unpaired) electrons. The quantitative estimate of drug-likeness (QED) is 0.928. The summed E-state index contributed by atoms with van der Waals surface area (Å²) in [6, 6.07) is 7.33. The predicted molar refractivity (Wildman–Crippen MR) is 72.5 cm³/mol. The Kier molecular flexibility index (Phi) is 3.08. The van der Waals surface area contributed by atoms with Crippen LogP contribution in [-0.2, 0) is 14.8 Å². The molecule has 2 aromatic rings. The van der Waals surface area contributed by atoms with Crippen LogP contribution in [-0.4, -0.2) is 44.0 Å². The second-order valence-electron chi connectivity index (χ2n) is 4.74. The molecular formula is C13H16N2O3S. The fraction of sp³-hybridized carbons (Fsp3) is 0.385. The van der Waals surface area contributed by atoms with E-state index in [1.165, 1.54) is 4.31 Å². The Balaban J connectivity index is 2.04. The van der Waals surface area contributed by atoms with Gasteiger partial charge in [-0.15, -0.1) is 0 Å². The molecule has 1 atom stereocenters. The van der Waals surface area contributed by atoms with E-state index < -0.39 is 10.0 Å². The van der Waals surface area contributed by atoms with Crippen LogP contribution in [0.5, 0.6) is 0 Å². The zero-order valence-corrected chi connectivity index (χ0v) is 11.5. The van der Waals surface area contributed by atoms with E-state index in [2.05, 4.69) is 4.98 Å². The zero-order valence-electron chi connectivity index (χ0n) is 10.7. The summed E-state index contributed by atoms with van der Waals surface area (Å²) >= 11 is 0. The van der Waals surface area contributed by atoms with Crippen LogP contribution in [0.4, 0.5) is 0 Å². The predicted octanol–water partition coefficient (Wildman–Crippen LogP) is 1.58. The Morgan fingerprint density at radius 1 is 1.37 bits per heavy atom. The van der Waals surface area contributed by atoms with Crippen LogP contribution in [0.3, 0.4) is 0 Å². The molecule has 1 aromatic heterocycles. The SMILES string of the molecule is CN(C1CCOC1)S(=O)(=O)c1c[nH]c2ccccc12. The van der Waals surface area contributed by atoms with Gasteiger partial charge in [-0.3, -0.25) is 0 Å². The highest BCUT2D eigenvalue weighted by Crippen LogP contribution is 2.27. The molecule has 5 nitrogen and oxygen atoms in total. The van der Waals surface area contributed by atoms with Crippen molar-refractivity contribution in [3.63, 3.8) is 0 Å². The van der Waals surface area contributed by atoms with E-state index in [1.807, 2.05) is 24.3 Å². The average Bonchev–Trinajstić information content (AvgIpc) is 3.07. The van der Waals surface area contributed by atoms with Gasteiger partial charge in [-0.25, -0.2) is 8.42 Å². The third-order valence-corrected chi connectivity index (χ3v) is 5.58. The van der Waals surface area contributed by atoms with E-state index in [0.717, 1.165) is 17.3 Å². The third kappa shape index (κ3) is 2.05. The second-order valence-corrected chi connectivity index (χ2v) is 6.70. The first-order chi connectivity index (χ1) is 9.10. The molecule has 0 spiro atoms. The maximum absolute atomic E-state index is 12.6. The lowest BCUT2D eigenvalue weighted by Crippen LogP contribution is -2.37. The third-order valence-electron chi connectivity index (χ3n) is 3.63. The Morgan fingerprint density at radius 3 is 2.89 bits per heavy atom. The summed E-state index contributed by atoms with van der Waals surface area (Å²) in [4.78, 5) is 3.33. The summed E-state index contributed by atoms with van der Waals surface area (Å²) < 4.78 is 32.0. The van der Waals surface area contributed by atoms with Crippen molar-refractivity contribution in [1.29, 1.82) is 0 Å². The highest BCUT2D eigenvalue weighted by atomic mass is 32.2. The Bertz CT molecular complexity index is 687. The molecule has 0 saturated carbocycles. The van der Waals surface area contributed by atoms with Crippen LogP contribution in [0.2, 0.25) is 0 Å². The van der Waals surface area contributed by atoms with Crippen LogP contribution in [0.15, 0.2) is 35.4 Å². The minimum atomic E-state index is -3.48. The molecule has 1 aliphatic rings. The highest BCUT2D eigenvalue weighted by Gasteiger charge is 2.32. The number of aromatic amines is 1. The first-order valence-electron chi connectivity index (χ1n) is 6.22. The first-order valence-corrected chi connectivity index (χ1v) is 7.66. The lowest BCUT2D eigenvalue weighted by Gasteiger charge is -2.22. The van der Waals surface area contributed by atoms with Crippen molar-refractivity contribution in [2.45, 2.75) is 17.4 Å². The van der Waals surface area contributed by atoms with Gasteiger partial charge in [0.25, 0.3) is 0 Å². The van der Waals surface area contributed by atoms with E-state index in [0.29, 0.717) is 18.1 Å². The number of rotatable bonds is 3. The molecule has 3 rings (SSSR count). The molecule has 0 amide bonds. The average molecular weight is 280 g/mol. The molecule has 1 saturated heterocycles. The molecule has 0 bridgehead atoms. The van der Waals surface area contributed by atoms with Gasteiger partial charge in [0.05, 0.1) is 12.6 Å². The van der Waals surface area contributed by atoms with Crippen molar-refractivity contribution in [2.75, 3.05) is 20.3 Å². The van der Waals surface area contributed by atoms with Gasteiger partial charge < -0.3 is 9.72 Å². The number of sulfonamides is 1. The topological polar surface area (TPSA) is 62.4 Å². The first kappa shape index (κ1) is 12.7. The van der Waals surface area contributed by atoms with Crippen LogP contribution in [0, 0.1) is 0 Å². The molecule has 1 N–H and O–H groups in total. The van der Waals surface area contributed by atoms with Crippen LogP contribution in [0.25, 0.3) is 10.9 Å². The standard InChI is InChI=1S/C13H16N2O3S/c1-15(10-6-7-18-9-10)19(16,17)13-8-14-12-5-3-2-4-11(12)13/h2-5,8,10,14H,6-7,9H2,1H3. The van der Waals surface area contributed by atoms with Crippen molar-refractivity contribution < 1.29 is 13.2 Å². The largest absolute Gasteiger partial charge is 0.380 e. The second kappa shape index (κ2) is 4.63. The molecule has 102 valence electrons. The molecule has 1 aromatic carbocycles. The van der Waals surface area contributed by atoms with Gasteiger partial charge in [0, 0.05) is 30.8 Å². The fourth-order valence-electron chi connectivity index (χ4n) is 2.42. The summed E-state index contributed by atoms with van der Waals surface area (Å²) in [6.07, 6.45) is 2.31. The molecule has 0 aliphatic carbocycles. The highest BCUT2D eigenvalue weighted by molar-refractivity contribution is 7.89. The van der Waals surface area contributed by atoms with Crippen molar-refractivity contribution in [3.05, 3.63) is 30.5 Å². The normalized spacial score (nSPS) is 20.4. The number of hydrogen-bond donors (Lipinski definition) is 1. The fourth-order valence-corrected chi connectivity index (χ4v) is 3.95. The summed E-state index contributed by atoms with van der Waals surface area (Å²) in [5.74, 6) is 0. The molecule has 1 unspecified atom stereocenters. The Morgan fingerprint density at radius 2 is 2.16 bits per heavy atom. The number of nitrogens with one attached hydrogen (secondary N) is 1. The van der Waals surface area contributed by atoms with Gasteiger partial charge in [-0.1, -0.05) is 18.2 Å². The number of ether oxygens (including phenoxy) is 1. The van der Waals surface area contributed by atoms with Crippen molar-refractivity contribution in [1.82, 2.24) is 9.29 Å². The van der Waals surface area contributed by atoms with Crippen LogP contribution >= 0.6 is 0 Å². The Hall–Kier alpha value is -1.37. The van der Waals surface area contributed by atoms with E-state index >= 15 is 0 Å². The number of benzene rings is 1. The number of nitrogens with zero attached hydrogens (tertiary/aromatic N) is 1. The molecule has 19 heavy (non-hydrogen) atoms. The summed E-state index contributed by atoms with van der Waals surface area (Å²) in [6.45, 7) is 1.09. The maximum atomic E-state index is 12.6. The van der Waals surface area contributed by atoms with Crippen LogP contribution < -0.4 is 0 Å². The molecule has 2 heterocycles. The minimum Gasteiger partial charge on any atom is -0.380 e. The molecule has 1 aliphatic heterocycles. The monoisotopic (exact) mass is 280 g/mol. The smallest absolute Gasteiger partial charge is 0.245 e. The maximum Gasteiger partial charge on any atom is 0.245 e. The van der Waals surface area contributed by atoms with E-state index in [9.17, 15) is 8.42 Å². The van der Waals surface area contributed by atoms with Crippen molar-refractivity contribution in [2.24, 2.45) is 0 Å². The Labute approximate surface area is 112 Å². The van der Waals surface area contributed by atoms with Gasteiger partial charge in [-0.2, -0.15) is 4.31 Å². The number of aromatic nitrogens is 1. The van der Waals surface area contributed by atoms with Gasteiger partial charge in [0.2, 0.25) is 10.0 Å². The van der Waals surface area contributed by atoms with Crippen molar-refractivity contribution in [3.8, 4) is 0 Å². The number of hydrogen-bond acceptors (Lipinski definition) is 3. The molecule has 1 fully saturated rings. The van der Waals surface area contributed by atoms with E-state index in [1.54, 1.807) is 13.2 Å². The van der Waals surface area contributed by atoms with Crippen LogP contribution in [0.1, 0.15) is 6.42 Å². The molecular weight excluding hydrogens is 264 g/mol. The number of fused-ring (bicyclic) bond motifs is 1. The summed E-state index contributed by atoms with van der Waals surface area (Å²) in [5, 5.41) is 0.730. The lowest BCUT2D eigenvalue weighted by atomic mass is 10.2. The van der Waals surface area contributed by atoms with Crippen molar-refractivity contribution >= 4 is 20.9 Å². The van der Waals surface area contributed by atoms with E-state index in [-0.39, 0.29) is 6.04 Å². The number of para-hydroxylation sites is 1. The van der Waals surface area contributed by atoms with E-state index in [4.69, 9.17) is 4.74 Å². The zero-order chi connectivity index (χ0) is 13.5. The summed E-state index contributed by atoms with van der Waals surface area (Å²) in [7, 11) is -1.86. The lowest BCUT2D eigenvalue weighted by molar-refractivity contribution is 0.181.